The van der Waals surface area contributed by atoms with Crippen molar-refractivity contribution < 1.29 is 22.7 Å². The first kappa shape index (κ1) is 21.1. The molecule has 156 valence electrons. The minimum absolute atomic E-state index is 0.130. The van der Waals surface area contributed by atoms with E-state index in [2.05, 4.69) is 10.3 Å². The number of aryl methyl sites for hydroxylation is 1. The Kier molecular flexibility index (Phi) is 6.39. The number of nitrogens with zero attached hydrogens (tertiary/aromatic N) is 2. The minimum atomic E-state index is -3.68. The van der Waals surface area contributed by atoms with Gasteiger partial charge in [0.1, 0.15) is 5.82 Å². The van der Waals surface area contributed by atoms with Crippen LogP contribution in [0, 0.1) is 12.8 Å². The van der Waals surface area contributed by atoms with Crippen molar-refractivity contribution in [1.82, 2.24) is 9.29 Å². The fourth-order valence-electron chi connectivity index (χ4n) is 3.32. The van der Waals surface area contributed by atoms with Gasteiger partial charge in [0.05, 0.1) is 19.1 Å². The number of anilines is 1. The summed E-state index contributed by atoms with van der Waals surface area (Å²) in [6.45, 7) is 2.42. The highest BCUT2D eigenvalue weighted by molar-refractivity contribution is 7.89. The number of sulfonamides is 1. The molecule has 1 saturated heterocycles. The van der Waals surface area contributed by atoms with Crippen LogP contribution in [0.5, 0.6) is 11.5 Å². The van der Waals surface area contributed by atoms with Crippen molar-refractivity contribution in [2.45, 2.75) is 24.7 Å². The normalized spacial score (nSPS) is 15.7. The number of piperidine rings is 1. The third-order valence-corrected chi connectivity index (χ3v) is 6.96. The summed E-state index contributed by atoms with van der Waals surface area (Å²) in [4.78, 5) is 16.9. The van der Waals surface area contributed by atoms with Crippen LogP contribution in [0.25, 0.3) is 0 Å². The maximum absolute atomic E-state index is 13.0. The molecule has 8 nitrogen and oxygen atoms in total. The summed E-state index contributed by atoms with van der Waals surface area (Å²) in [6.07, 6.45) is 2.52. The third-order valence-electron chi connectivity index (χ3n) is 5.07. The van der Waals surface area contributed by atoms with E-state index in [0.29, 0.717) is 30.2 Å². The van der Waals surface area contributed by atoms with Crippen LogP contribution in [0.4, 0.5) is 5.82 Å². The van der Waals surface area contributed by atoms with E-state index < -0.39 is 10.0 Å². The number of aromatic nitrogens is 1. The number of pyridine rings is 1. The number of hydrogen-bond acceptors (Lipinski definition) is 6. The molecule has 3 rings (SSSR count). The van der Waals surface area contributed by atoms with Gasteiger partial charge in [-0.25, -0.2) is 13.4 Å². The zero-order chi connectivity index (χ0) is 21.0. The maximum atomic E-state index is 13.0. The summed E-state index contributed by atoms with van der Waals surface area (Å²) >= 11 is 0. The highest BCUT2D eigenvalue weighted by atomic mass is 32.2. The summed E-state index contributed by atoms with van der Waals surface area (Å²) in [6, 6.07) is 8.21. The van der Waals surface area contributed by atoms with E-state index in [-0.39, 0.29) is 29.8 Å². The SMILES string of the molecule is COc1ccc(S(=O)(=O)N2CCC(C(=O)Nc3ncccc3C)CC2)cc1OC. The second-order valence-corrected chi connectivity index (χ2v) is 8.79. The molecule has 0 bridgehead atoms. The van der Waals surface area contributed by atoms with E-state index in [4.69, 9.17) is 9.47 Å². The van der Waals surface area contributed by atoms with Crippen molar-refractivity contribution in [3.05, 3.63) is 42.1 Å². The number of carbonyl (C=O) groups excluding carboxylic acids is 1. The second-order valence-electron chi connectivity index (χ2n) is 6.85. The molecule has 1 aromatic carbocycles. The van der Waals surface area contributed by atoms with Gasteiger partial charge in [-0.3, -0.25) is 4.79 Å². The smallest absolute Gasteiger partial charge is 0.243 e. The Bertz CT molecular complexity index is 985. The largest absolute Gasteiger partial charge is 0.493 e. The number of ether oxygens (including phenoxy) is 2. The van der Waals surface area contributed by atoms with Crippen molar-refractivity contribution >= 4 is 21.7 Å². The number of carbonyl (C=O) groups is 1. The monoisotopic (exact) mass is 419 g/mol. The van der Waals surface area contributed by atoms with Crippen LogP contribution in [0.2, 0.25) is 0 Å². The molecule has 9 heteroatoms. The Morgan fingerprint density at radius 3 is 2.45 bits per heavy atom. The summed E-state index contributed by atoms with van der Waals surface area (Å²) < 4.78 is 37.8. The van der Waals surface area contributed by atoms with E-state index in [1.165, 1.54) is 30.7 Å². The van der Waals surface area contributed by atoms with Crippen LogP contribution >= 0.6 is 0 Å². The number of amides is 1. The molecule has 0 radical (unpaired) electrons. The molecule has 1 N–H and O–H groups in total. The highest BCUT2D eigenvalue weighted by Crippen LogP contribution is 2.32. The fraction of sp³-hybridized carbons (Fsp3) is 0.400. The molecule has 0 saturated carbocycles. The molecule has 0 aliphatic carbocycles. The maximum Gasteiger partial charge on any atom is 0.243 e. The van der Waals surface area contributed by atoms with Gasteiger partial charge in [0.2, 0.25) is 15.9 Å². The Morgan fingerprint density at radius 1 is 1.14 bits per heavy atom. The average molecular weight is 420 g/mol. The summed E-state index contributed by atoms with van der Waals surface area (Å²) in [5.74, 6) is 0.973. The first-order valence-corrected chi connectivity index (χ1v) is 10.8. The minimum Gasteiger partial charge on any atom is -0.493 e. The predicted octanol–water partition coefficient (Wildman–Crippen LogP) is 2.45. The van der Waals surface area contributed by atoms with E-state index in [1.807, 2.05) is 19.1 Å². The molecule has 0 atom stereocenters. The van der Waals surface area contributed by atoms with Crippen LogP contribution < -0.4 is 14.8 Å². The molecule has 1 amide bonds. The van der Waals surface area contributed by atoms with Gasteiger partial charge in [0, 0.05) is 31.3 Å². The Balaban J connectivity index is 1.66. The first-order valence-electron chi connectivity index (χ1n) is 9.31. The predicted molar refractivity (Wildman–Crippen MR) is 109 cm³/mol. The van der Waals surface area contributed by atoms with Gasteiger partial charge in [-0.1, -0.05) is 6.07 Å². The van der Waals surface area contributed by atoms with Crippen molar-refractivity contribution in [2.75, 3.05) is 32.6 Å². The fourth-order valence-corrected chi connectivity index (χ4v) is 4.81. The molecule has 0 unspecified atom stereocenters. The number of benzene rings is 1. The highest BCUT2D eigenvalue weighted by Gasteiger charge is 2.32. The quantitative estimate of drug-likeness (QED) is 0.772. The summed E-state index contributed by atoms with van der Waals surface area (Å²) in [5, 5.41) is 2.84. The van der Waals surface area contributed by atoms with E-state index >= 15 is 0 Å². The lowest BCUT2D eigenvalue weighted by Gasteiger charge is -2.30. The Labute approximate surface area is 170 Å². The third kappa shape index (κ3) is 4.51. The number of hydrogen-bond donors (Lipinski definition) is 1. The van der Waals surface area contributed by atoms with Crippen LogP contribution in [0.1, 0.15) is 18.4 Å². The molecule has 1 aromatic heterocycles. The van der Waals surface area contributed by atoms with Gasteiger partial charge in [-0.05, 0) is 43.5 Å². The molecule has 29 heavy (non-hydrogen) atoms. The topological polar surface area (TPSA) is 97.8 Å². The van der Waals surface area contributed by atoms with Crippen LogP contribution in [0.3, 0.4) is 0 Å². The average Bonchev–Trinajstić information content (AvgIpc) is 2.74. The lowest BCUT2D eigenvalue weighted by Crippen LogP contribution is -2.41. The van der Waals surface area contributed by atoms with E-state index in [0.717, 1.165) is 5.56 Å². The van der Waals surface area contributed by atoms with Gasteiger partial charge >= 0.3 is 0 Å². The number of methoxy groups -OCH3 is 2. The van der Waals surface area contributed by atoms with Crippen LogP contribution in [-0.2, 0) is 14.8 Å². The molecule has 1 aliphatic rings. The summed E-state index contributed by atoms with van der Waals surface area (Å²) in [7, 11) is -0.726. The molecule has 1 fully saturated rings. The van der Waals surface area contributed by atoms with Crippen LogP contribution in [0.15, 0.2) is 41.4 Å². The summed E-state index contributed by atoms with van der Waals surface area (Å²) in [5.41, 5.74) is 0.884. The lowest BCUT2D eigenvalue weighted by molar-refractivity contribution is -0.120. The van der Waals surface area contributed by atoms with Gasteiger partial charge in [-0.15, -0.1) is 0 Å². The van der Waals surface area contributed by atoms with Gasteiger partial charge in [0.25, 0.3) is 0 Å². The Hall–Kier alpha value is -2.65. The standard InChI is InChI=1S/C20H25N3O5S/c1-14-5-4-10-21-19(14)22-20(24)15-8-11-23(12-9-15)29(25,26)16-6-7-17(27-2)18(13-16)28-3/h4-7,10,13,15H,8-9,11-12H2,1-3H3,(H,21,22,24). The number of nitrogens with one attached hydrogen (secondary N) is 1. The van der Waals surface area contributed by atoms with Gasteiger partial charge in [-0.2, -0.15) is 4.31 Å². The zero-order valence-electron chi connectivity index (χ0n) is 16.7. The van der Waals surface area contributed by atoms with Crippen molar-refractivity contribution in [1.29, 1.82) is 0 Å². The first-order chi connectivity index (χ1) is 13.9. The lowest BCUT2D eigenvalue weighted by atomic mass is 9.97. The molecule has 2 heterocycles. The van der Waals surface area contributed by atoms with E-state index in [1.54, 1.807) is 12.3 Å². The van der Waals surface area contributed by atoms with Crippen molar-refractivity contribution in [3.63, 3.8) is 0 Å². The molecular weight excluding hydrogens is 394 g/mol. The Morgan fingerprint density at radius 2 is 1.83 bits per heavy atom. The second kappa shape index (κ2) is 8.79. The molecule has 0 spiro atoms. The zero-order valence-corrected chi connectivity index (χ0v) is 17.5. The van der Waals surface area contributed by atoms with Crippen LogP contribution in [-0.4, -0.2) is 50.9 Å². The van der Waals surface area contributed by atoms with Crippen molar-refractivity contribution in [3.8, 4) is 11.5 Å². The van der Waals surface area contributed by atoms with Gasteiger partial charge < -0.3 is 14.8 Å². The molecular formula is C20H25N3O5S. The van der Waals surface area contributed by atoms with Crippen molar-refractivity contribution in [2.24, 2.45) is 5.92 Å². The molecule has 1 aliphatic heterocycles. The van der Waals surface area contributed by atoms with E-state index in [9.17, 15) is 13.2 Å². The molecule has 2 aromatic rings. The van der Waals surface area contributed by atoms with Gasteiger partial charge in [0.15, 0.2) is 11.5 Å². The number of rotatable bonds is 6.